The Morgan fingerprint density at radius 1 is 1.15 bits per heavy atom. The topological polar surface area (TPSA) is 48.1 Å². The molecule has 0 saturated carbocycles. The molecule has 4 heteroatoms. The van der Waals surface area contributed by atoms with Gasteiger partial charge in [-0.25, -0.2) is 0 Å². The van der Waals surface area contributed by atoms with Gasteiger partial charge in [-0.05, 0) is 49.1 Å². The van der Waals surface area contributed by atoms with Gasteiger partial charge in [0, 0.05) is 36.6 Å². The van der Waals surface area contributed by atoms with Gasteiger partial charge in [-0.15, -0.1) is 0 Å². The van der Waals surface area contributed by atoms with Gasteiger partial charge < -0.3 is 15.2 Å². The van der Waals surface area contributed by atoms with Crippen LogP contribution in [0.3, 0.4) is 0 Å². The Kier molecular flexibility index (Phi) is 4.88. The van der Waals surface area contributed by atoms with Crippen molar-refractivity contribution in [3.8, 4) is 11.3 Å². The zero-order chi connectivity index (χ0) is 18.8. The Bertz CT molecular complexity index is 937. The molecule has 0 unspecified atom stereocenters. The molecule has 1 aliphatic rings. The normalized spacial score (nSPS) is 15.3. The molecule has 0 radical (unpaired) electrons. The van der Waals surface area contributed by atoms with Crippen molar-refractivity contribution in [1.29, 1.82) is 0 Å². The quantitative estimate of drug-likeness (QED) is 0.690. The zero-order valence-corrected chi connectivity index (χ0v) is 16.1. The Balaban J connectivity index is 1.57. The first-order valence-electron chi connectivity index (χ1n) is 9.87. The second kappa shape index (κ2) is 7.47. The number of carbonyl (C=O) groups is 1. The summed E-state index contributed by atoms with van der Waals surface area (Å²) >= 11 is 0. The van der Waals surface area contributed by atoms with Crippen molar-refractivity contribution in [3.63, 3.8) is 0 Å². The number of benzene rings is 2. The number of fused-ring (bicyclic) bond motifs is 1. The summed E-state index contributed by atoms with van der Waals surface area (Å²) in [7, 11) is 0. The average molecular weight is 361 g/mol. The fourth-order valence-corrected chi connectivity index (χ4v) is 4.00. The molecule has 1 saturated heterocycles. The number of nitrogens with one attached hydrogen (secondary N) is 2. The van der Waals surface area contributed by atoms with Crippen LogP contribution in [0, 0.1) is 6.92 Å². The number of rotatable bonds is 4. The summed E-state index contributed by atoms with van der Waals surface area (Å²) in [6.45, 7) is 5.77. The second-order valence-corrected chi connectivity index (χ2v) is 7.48. The lowest BCUT2D eigenvalue weighted by Crippen LogP contribution is -2.42. The first-order chi connectivity index (χ1) is 13.1. The summed E-state index contributed by atoms with van der Waals surface area (Å²) in [4.78, 5) is 17.5. The summed E-state index contributed by atoms with van der Waals surface area (Å²) in [5, 5.41) is 4.97. The third kappa shape index (κ3) is 3.70. The number of aromatic amines is 1. The van der Waals surface area contributed by atoms with E-state index in [1.54, 1.807) is 0 Å². The highest BCUT2D eigenvalue weighted by Gasteiger charge is 2.22. The predicted molar refractivity (Wildman–Crippen MR) is 112 cm³/mol. The molecule has 27 heavy (non-hydrogen) atoms. The number of anilines is 1. The van der Waals surface area contributed by atoms with Crippen LogP contribution in [0.5, 0.6) is 0 Å². The van der Waals surface area contributed by atoms with Gasteiger partial charge in [0.25, 0.3) is 0 Å². The van der Waals surface area contributed by atoms with Crippen molar-refractivity contribution in [2.45, 2.75) is 39.2 Å². The van der Waals surface area contributed by atoms with Crippen LogP contribution in [0.2, 0.25) is 0 Å². The van der Waals surface area contributed by atoms with Gasteiger partial charge in [-0.2, -0.15) is 0 Å². The van der Waals surface area contributed by atoms with E-state index in [0.717, 1.165) is 42.8 Å². The smallest absolute Gasteiger partial charge is 0.222 e. The molecule has 1 aliphatic heterocycles. The minimum atomic E-state index is 0.267. The van der Waals surface area contributed by atoms with Gasteiger partial charge in [0.15, 0.2) is 0 Å². The molecule has 0 aliphatic carbocycles. The van der Waals surface area contributed by atoms with Gasteiger partial charge >= 0.3 is 0 Å². The first-order valence-corrected chi connectivity index (χ1v) is 9.87. The lowest BCUT2D eigenvalue weighted by Gasteiger charge is -2.33. The van der Waals surface area contributed by atoms with Crippen LogP contribution < -0.4 is 5.32 Å². The number of aryl methyl sites for hydroxylation is 1. The van der Waals surface area contributed by atoms with Crippen molar-refractivity contribution >= 4 is 22.5 Å². The molecule has 2 aromatic carbocycles. The van der Waals surface area contributed by atoms with Crippen LogP contribution in [0.25, 0.3) is 22.2 Å². The van der Waals surface area contributed by atoms with E-state index in [1.165, 1.54) is 16.5 Å². The average Bonchev–Trinajstić information content (AvgIpc) is 3.13. The lowest BCUT2D eigenvalue weighted by molar-refractivity contribution is -0.131. The van der Waals surface area contributed by atoms with Crippen molar-refractivity contribution in [3.05, 3.63) is 54.1 Å². The highest BCUT2D eigenvalue weighted by atomic mass is 16.2. The van der Waals surface area contributed by atoms with Gasteiger partial charge in [-0.3, -0.25) is 4.79 Å². The minimum Gasteiger partial charge on any atom is -0.380 e. The molecule has 4 nitrogen and oxygen atoms in total. The number of likely N-dealkylation sites (tertiary alicyclic amines) is 1. The molecule has 1 aromatic heterocycles. The summed E-state index contributed by atoms with van der Waals surface area (Å²) in [6.07, 6.45) is 2.59. The highest BCUT2D eigenvalue weighted by Crippen LogP contribution is 2.31. The molecule has 1 amide bonds. The summed E-state index contributed by atoms with van der Waals surface area (Å²) in [5.41, 5.74) is 5.91. The summed E-state index contributed by atoms with van der Waals surface area (Å²) < 4.78 is 0. The predicted octanol–water partition coefficient (Wildman–Crippen LogP) is 4.96. The molecule has 2 heterocycles. The number of piperidine rings is 1. The number of aromatic nitrogens is 1. The van der Waals surface area contributed by atoms with Gasteiger partial charge in [0.2, 0.25) is 5.91 Å². The van der Waals surface area contributed by atoms with Gasteiger partial charge in [0.1, 0.15) is 0 Å². The molecule has 3 aromatic rings. The number of carbonyl (C=O) groups excluding carboxylic acids is 1. The number of nitrogens with zero attached hydrogens (tertiary/aromatic N) is 1. The third-order valence-electron chi connectivity index (χ3n) is 5.47. The lowest BCUT2D eigenvalue weighted by atomic mass is 10.0. The molecular weight excluding hydrogens is 334 g/mol. The van der Waals surface area contributed by atoms with E-state index in [0.29, 0.717) is 12.5 Å². The van der Waals surface area contributed by atoms with E-state index in [2.05, 4.69) is 59.7 Å². The number of hydrogen-bond donors (Lipinski definition) is 2. The maximum atomic E-state index is 11.9. The van der Waals surface area contributed by atoms with E-state index in [4.69, 9.17) is 0 Å². The van der Waals surface area contributed by atoms with E-state index >= 15 is 0 Å². The standard InChI is InChI=1S/C23H27N3O/c1-3-22(27)26-11-9-19(10-12-26)24-21-14-16(2)13-18-15-20(25-23(18)21)17-7-5-4-6-8-17/h4-8,13-15,19,24-25H,3,9-12H2,1-2H3. The second-order valence-electron chi connectivity index (χ2n) is 7.48. The summed E-state index contributed by atoms with van der Waals surface area (Å²) in [5.74, 6) is 0.267. The zero-order valence-electron chi connectivity index (χ0n) is 16.1. The van der Waals surface area contributed by atoms with E-state index in [1.807, 2.05) is 17.9 Å². The number of amides is 1. The first kappa shape index (κ1) is 17.7. The fraction of sp³-hybridized carbons (Fsp3) is 0.348. The molecule has 0 spiro atoms. The van der Waals surface area contributed by atoms with E-state index in [-0.39, 0.29) is 5.91 Å². The van der Waals surface area contributed by atoms with Crippen molar-refractivity contribution < 1.29 is 4.79 Å². The van der Waals surface area contributed by atoms with Gasteiger partial charge in [0.05, 0.1) is 11.2 Å². The number of H-pyrrole nitrogens is 1. The van der Waals surface area contributed by atoms with Crippen LogP contribution in [0.15, 0.2) is 48.5 Å². The molecule has 2 N–H and O–H groups in total. The Morgan fingerprint density at radius 2 is 1.89 bits per heavy atom. The van der Waals surface area contributed by atoms with Gasteiger partial charge in [-0.1, -0.05) is 37.3 Å². The molecular formula is C23H27N3O. The van der Waals surface area contributed by atoms with Crippen LogP contribution in [0.1, 0.15) is 31.7 Å². The number of hydrogen-bond acceptors (Lipinski definition) is 2. The Hall–Kier alpha value is -2.75. The van der Waals surface area contributed by atoms with Crippen LogP contribution in [0.4, 0.5) is 5.69 Å². The van der Waals surface area contributed by atoms with Crippen LogP contribution in [-0.2, 0) is 4.79 Å². The molecule has 140 valence electrons. The third-order valence-corrected chi connectivity index (χ3v) is 5.47. The Morgan fingerprint density at radius 3 is 2.59 bits per heavy atom. The Labute approximate surface area is 160 Å². The maximum Gasteiger partial charge on any atom is 0.222 e. The fourth-order valence-electron chi connectivity index (χ4n) is 4.00. The van der Waals surface area contributed by atoms with Crippen molar-refractivity contribution in [1.82, 2.24) is 9.88 Å². The molecule has 0 atom stereocenters. The maximum absolute atomic E-state index is 11.9. The van der Waals surface area contributed by atoms with E-state index < -0.39 is 0 Å². The minimum absolute atomic E-state index is 0.267. The SMILES string of the molecule is CCC(=O)N1CCC(Nc2cc(C)cc3cc(-c4ccccc4)[nH]c23)CC1. The highest BCUT2D eigenvalue weighted by molar-refractivity contribution is 5.95. The largest absolute Gasteiger partial charge is 0.380 e. The molecule has 1 fully saturated rings. The summed E-state index contributed by atoms with van der Waals surface area (Å²) in [6, 6.07) is 17.5. The van der Waals surface area contributed by atoms with Crippen molar-refractivity contribution in [2.75, 3.05) is 18.4 Å². The molecule has 0 bridgehead atoms. The van der Waals surface area contributed by atoms with E-state index in [9.17, 15) is 4.79 Å². The van der Waals surface area contributed by atoms with Crippen LogP contribution >= 0.6 is 0 Å². The van der Waals surface area contributed by atoms with Crippen LogP contribution in [-0.4, -0.2) is 34.9 Å². The monoisotopic (exact) mass is 361 g/mol. The van der Waals surface area contributed by atoms with Crippen molar-refractivity contribution in [2.24, 2.45) is 0 Å². The molecule has 4 rings (SSSR count).